The molecule has 31 heavy (non-hydrogen) atoms. The lowest BCUT2D eigenvalue weighted by Gasteiger charge is -2.17. The predicted octanol–water partition coefficient (Wildman–Crippen LogP) is 2.49. The summed E-state index contributed by atoms with van der Waals surface area (Å²) in [6.07, 6.45) is 1.21. The van der Waals surface area contributed by atoms with Crippen LogP contribution in [0.25, 0.3) is 0 Å². The minimum atomic E-state index is -1.07. The van der Waals surface area contributed by atoms with Crippen LogP contribution in [0.5, 0.6) is 0 Å². The number of pyridine rings is 1. The third-order valence-electron chi connectivity index (χ3n) is 4.05. The number of aliphatic imine (C=N–C) groups is 1. The van der Waals surface area contributed by atoms with Gasteiger partial charge in [0.2, 0.25) is 0 Å². The molecule has 0 atom stereocenters. The standard InChI is InChI=1S/C21H25N7O2S/c1-13-15(9-10-17(27-13)21(2,3)30)25-11-16(28-24)20(29)26-12-18(22)31-19(23)14-7-5-4-6-8-14/h4-11,22-23,30H,12,24H2,1-3H3,(H,26,29)/b22-18?,23-19?,25-11?,28-16+. The summed E-state index contributed by atoms with van der Waals surface area (Å²) in [4.78, 5) is 20.8. The molecule has 9 nitrogen and oxygen atoms in total. The molecule has 0 saturated heterocycles. The van der Waals surface area contributed by atoms with Crippen LogP contribution in [0.4, 0.5) is 5.69 Å². The number of nitrogens with two attached hydrogens (primary N) is 1. The number of carbonyl (C=O) groups excluding carboxylic acids is 1. The number of hydrogen-bond acceptors (Lipinski definition) is 9. The number of hydrazone groups is 1. The molecule has 0 unspecified atom stereocenters. The van der Waals surface area contributed by atoms with Crippen LogP contribution < -0.4 is 11.2 Å². The summed E-state index contributed by atoms with van der Waals surface area (Å²) in [5.74, 6) is 4.72. The van der Waals surface area contributed by atoms with E-state index in [1.165, 1.54) is 6.21 Å². The molecule has 0 aliphatic rings. The molecule has 162 valence electrons. The molecule has 0 aliphatic carbocycles. The zero-order valence-corrected chi connectivity index (χ0v) is 18.3. The Morgan fingerprint density at radius 1 is 1.26 bits per heavy atom. The number of aliphatic hydroxyl groups is 1. The zero-order valence-electron chi connectivity index (χ0n) is 17.5. The second-order valence-electron chi connectivity index (χ2n) is 7.04. The zero-order chi connectivity index (χ0) is 23.0. The summed E-state index contributed by atoms with van der Waals surface area (Å²) in [7, 11) is 0. The second kappa shape index (κ2) is 10.6. The minimum absolute atomic E-state index is 0.0769. The van der Waals surface area contributed by atoms with Crippen LogP contribution in [0, 0.1) is 17.7 Å². The molecule has 2 rings (SSSR count). The van der Waals surface area contributed by atoms with E-state index < -0.39 is 11.5 Å². The van der Waals surface area contributed by atoms with Crippen molar-refractivity contribution >= 4 is 45.4 Å². The van der Waals surface area contributed by atoms with Crippen molar-refractivity contribution in [3.05, 3.63) is 59.4 Å². The molecule has 0 saturated carbocycles. The van der Waals surface area contributed by atoms with E-state index in [-0.39, 0.29) is 22.3 Å². The first-order chi connectivity index (χ1) is 14.6. The molecule has 1 aromatic carbocycles. The highest BCUT2D eigenvalue weighted by Crippen LogP contribution is 2.22. The van der Waals surface area contributed by atoms with Crippen LogP contribution in [0.15, 0.2) is 52.6 Å². The van der Waals surface area contributed by atoms with Gasteiger partial charge in [-0.3, -0.25) is 25.6 Å². The topological polar surface area (TPSA) is 161 Å². The van der Waals surface area contributed by atoms with E-state index in [2.05, 4.69) is 20.4 Å². The maximum Gasteiger partial charge on any atom is 0.273 e. The number of nitrogens with zero attached hydrogens (tertiary/aromatic N) is 3. The summed E-state index contributed by atoms with van der Waals surface area (Å²) < 4.78 is 0. The van der Waals surface area contributed by atoms with Gasteiger partial charge in [-0.15, -0.1) is 0 Å². The fraction of sp³-hybridized carbons (Fsp3) is 0.238. The van der Waals surface area contributed by atoms with Crippen molar-refractivity contribution in [3.63, 3.8) is 0 Å². The van der Waals surface area contributed by atoms with Crippen LogP contribution in [-0.2, 0) is 10.4 Å². The van der Waals surface area contributed by atoms with Crippen LogP contribution in [0.2, 0.25) is 0 Å². The molecule has 1 amide bonds. The first kappa shape index (κ1) is 23.9. The number of hydrogen-bond donors (Lipinski definition) is 5. The lowest BCUT2D eigenvalue weighted by atomic mass is 10.0. The van der Waals surface area contributed by atoms with Crippen molar-refractivity contribution in [1.29, 1.82) is 10.8 Å². The average Bonchev–Trinajstić information content (AvgIpc) is 2.73. The Morgan fingerprint density at radius 2 is 1.94 bits per heavy atom. The Hall–Kier alpha value is -3.37. The van der Waals surface area contributed by atoms with E-state index in [0.717, 1.165) is 11.8 Å². The highest BCUT2D eigenvalue weighted by atomic mass is 32.2. The quantitative estimate of drug-likeness (QED) is 0.193. The van der Waals surface area contributed by atoms with E-state index in [1.54, 1.807) is 45.0 Å². The lowest BCUT2D eigenvalue weighted by molar-refractivity contribution is -0.114. The number of nitrogens with one attached hydrogen (secondary N) is 3. The van der Waals surface area contributed by atoms with Crippen molar-refractivity contribution in [1.82, 2.24) is 10.3 Å². The van der Waals surface area contributed by atoms with Crippen LogP contribution in [0.3, 0.4) is 0 Å². The van der Waals surface area contributed by atoms with Crippen molar-refractivity contribution in [2.45, 2.75) is 26.4 Å². The number of aromatic nitrogens is 1. The molecule has 1 aromatic heterocycles. The Kier molecular flexibility index (Phi) is 8.17. The van der Waals surface area contributed by atoms with Crippen molar-refractivity contribution in [2.75, 3.05) is 6.54 Å². The van der Waals surface area contributed by atoms with Gasteiger partial charge in [0.15, 0.2) is 5.71 Å². The number of aryl methyl sites for hydroxylation is 1. The van der Waals surface area contributed by atoms with Gasteiger partial charge in [-0.1, -0.05) is 42.1 Å². The van der Waals surface area contributed by atoms with Crippen LogP contribution in [0.1, 0.15) is 30.8 Å². The molecule has 0 bridgehead atoms. The minimum Gasteiger partial charge on any atom is -0.384 e. The number of carbonyl (C=O) groups is 1. The molecule has 6 N–H and O–H groups in total. The van der Waals surface area contributed by atoms with Crippen molar-refractivity contribution < 1.29 is 9.90 Å². The summed E-state index contributed by atoms with van der Waals surface area (Å²) >= 11 is 0.948. The number of amides is 1. The molecule has 0 spiro atoms. The first-order valence-corrected chi connectivity index (χ1v) is 10.1. The normalized spacial score (nSPS) is 12.1. The highest BCUT2D eigenvalue weighted by molar-refractivity contribution is 8.26. The summed E-state index contributed by atoms with van der Waals surface area (Å²) in [6.45, 7) is 4.94. The Morgan fingerprint density at radius 3 is 2.52 bits per heavy atom. The monoisotopic (exact) mass is 439 g/mol. The van der Waals surface area contributed by atoms with Gasteiger partial charge in [-0.2, -0.15) is 5.10 Å². The highest BCUT2D eigenvalue weighted by Gasteiger charge is 2.18. The molecule has 0 fully saturated rings. The third kappa shape index (κ3) is 7.12. The maximum absolute atomic E-state index is 12.3. The Bertz CT molecular complexity index is 1030. The van der Waals surface area contributed by atoms with Crippen molar-refractivity contribution in [2.24, 2.45) is 15.9 Å². The van der Waals surface area contributed by atoms with Gasteiger partial charge < -0.3 is 16.3 Å². The van der Waals surface area contributed by atoms with Gasteiger partial charge in [-0.05, 0) is 32.9 Å². The molecule has 10 heteroatoms. The molecular weight excluding hydrogens is 414 g/mol. The van der Waals surface area contributed by atoms with Gasteiger partial charge in [0.25, 0.3) is 5.91 Å². The Labute approximate surface area is 184 Å². The average molecular weight is 440 g/mol. The SMILES string of the molecule is Cc1nc(C(C)(C)O)ccc1N=C/C(=N\N)C(=O)NCC(=N)SC(=N)c1ccccc1. The fourth-order valence-corrected chi connectivity index (χ4v) is 3.02. The number of benzene rings is 1. The van der Waals surface area contributed by atoms with E-state index in [9.17, 15) is 9.90 Å². The Balaban J connectivity index is 1.95. The summed E-state index contributed by atoms with van der Waals surface area (Å²) in [6, 6.07) is 12.4. The molecule has 0 aliphatic heterocycles. The van der Waals surface area contributed by atoms with E-state index in [0.29, 0.717) is 22.6 Å². The maximum atomic E-state index is 12.3. The summed E-state index contributed by atoms with van der Waals surface area (Å²) in [5.41, 5.74) is 1.08. The van der Waals surface area contributed by atoms with Crippen LogP contribution in [-0.4, -0.2) is 44.6 Å². The molecular formula is C21H25N7O2S. The molecule has 0 radical (unpaired) electrons. The fourth-order valence-electron chi connectivity index (χ4n) is 2.37. The van der Waals surface area contributed by atoms with E-state index >= 15 is 0 Å². The predicted molar refractivity (Wildman–Crippen MR) is 126 cm³/mol. The van der Waals surface area contributed by atoms with Crippen LogP contribution >= 0.6 is 11.8 Å². The largest absolute Gasteiger partial charge is 0.384 e. The summed E-state index contributed by atoms with van der Waals surface area (Å²) in [5, 5.41) is 32.3. The van der Waals surface area contributed by atoms with Crippen molar-refractivity contribution in [3.8, 4) is 0 Å². The van der Waals surface area contributed by atoms with Gasteiger partial charge in [0.1, 0.15) is 10.6 Å². The van der Waals surface area contributed by atoms with Gasteiger partial charge >= 0.3 is 0 Å². The molecule has 2 aromatic rings. The van der Waals surface area contributed by atoms with Gasteiger partial charge in [0.05, 0.1) is 34.9 Å². The number of thioether (sulfide) groups is 1. The number of rotatable bonds is 7. The van der Waals surface area contributed by atoms with Gasteiger partial charge in [-0.25, -0.2) is 0 Å². The first-order valence-electron chi connectivity index (χ1n) is 9.31. The smallest absolute Gasteiger partial charge is 0.273 e. The second-order valence-corrected chi connectivity index (χ2v) is 8.14. The molecule has 1 heterocycles. The van der Waals surface area contributed by atoms with E-state index in [4.69, 9.17) is 16.7 Å². The van der Waals surface area contributed by atoms with Gasteiger partial charge in [0, 0.05) is 5.56 Å². The third-order valence-corrected chi connectivity index (χ3v) is 4.88. The van der Waals surface area contributed by atoms with E-state index in [1.807, 2.05) is 18.2 Å². The lowest BCUT2D eigenvalue weighted by Crippen LogP contribution is -2.35.